The van der Waals surface area contributed by atoms with Crippen molar-refractivity contribution < 1.29 is 32.8 Å². The van der Waals surface area contributed by atoms with Gasteiger partial charge in [-0.3, -0.25) is 13.8 Å². The van der Waals surface area contributed by atoms with Crippen LogP contribution in [0.2, 0.25) is 0 Å². The number of carbonyl (C=O) groups is 1. The molecule has 0 aromatic heterocycles. The van der Waals surface area contributed by atoms with Crippen LogP contribution in [0.4, 0.5) is 0 Å². The zero-order valence-corrected chi connectivity index (χ0v) is 43.9. The van der Waals surface area contributed by atoms with Crippen molar-refractivity contribution in [3.05, 3.63) is 134 Å². The topological polar surface area (TPSA) is 117 Å². The van der Waals surface area contributed by atoms with Gasteiger partial charge in [0.25, 0.3) is 0 Å². The number of phosphoric ester groups is 1. The zero-order chi connectivity index (χ0) is 49.4. The summed E-state index contributed by atoms with van der Waals surface area (Å²) in [5.41, 5.74) is 5.39. The average molecular weight is 964 g/mol. The molecule has 0 saturated heterocycles. The fraction of sp³-hybridized carbons (Fsp3) is 0.610. The summed E-state index contributed by atoms with van der Waals surface area (Å²) in [4.78, 5) is 22.6. The van der Waals surface area contributed by atoms with Gasteiger partial charge in [-0.25, -0.2) is 4.57 Å². The maximum atomic E-state index is 12.7. The smallest absolute Gasteiger partial charge is 0.457 e. The Morgan fingerprint density at radius 1 is 0.441 bits per heavy atom. The lowest BCUT2D eigenvalue weighted by atomic mass is 10.0. The zero-order valence-electron chi connectivity index (χ0n) is 43.0. The van der Waals surface area contributed by atoms with Gasteiger partial charge in [0.2, 0.25) is 0 Å². The molecule has 0 spiro atoms. The number of rotatable bonds is 49. The van der Waals surface area contributed by atoms with E-state index in [0.717, 1.165) is 109 Å². The summed E-state index contributed by atoms with van der Waals surface area (Å²) in [6.07, 6.45) is 77.8. The summed E-state index contributed by atoms with van der Waals surface area (Å²) in [7, 11) is -4.31. The number of allylic oxidation sites excluding steroid dienone is 22. The molecule has 0 aliphatic rings. The van der Waals surface area contributed by atoms with Crippen LogP contribution in [0.25, 0.3) is 0 Å². The molecule has 2 atom stereocenters. The number of hydrogen-bond donors (Lipinski definition) is 2. The summed E-state index contributed by atoms with van der Waals surface area (Å²) < 4.78 is 33.6. The molecule has 0 rings (SSSR count). The van der Waals surface area contributed by atoms with Crippen molar-refractivity contribution >= 4 is 13.8 Å². The van der Waals surface area contributed by atoms with Crippen LogP contribution in [-0.4, -0.2) is 49.9 Å². The Balaban J connectivity index is 4.05. The van der Waals surface area contributed by atoms with Crippen LogP contribution in [-0.2, 0) is 27.9 Å². The molecule has 9 heteroatoms. The first-order chi connectivity index (χ1) is 33.4. The Hall–Kier alpha value is -3.36. The summed E-state index contributed by atoms with van der Waals surface area (Å²) >= 11 is 0. The fourth-order valence-electron chi connectivity index (χ4n) is 6.73. The first kappa shape index (κ1) is 64.6. The van der Waals surface area contributed by atoms with Crippen LogP contribution in [0.3, 0.4) is 0 Å². The highest BCUT2D eigenvalue weighted by molar-refractivity contribution is 7.47. The lowest BCUT2D eigenvalue weighted by Crippen LogP contribution is -2.28. The Bertz CT molecular complexity index is 1500. The van der Waals surface area contributed by atoms with E-state index in [1.165, 1.54) is 64.2 Å². The average Bonchev–Trinajstić information content (AvgIpc) is 3.33. The Morgan fingerprint density at radius 2 is 0.779 bits per heavy atom. The lowest BCUT2D eigenvalue weighted by Gasteiger charge is -2.20. The molecule has 3 N–H and O–H groups in total. The van der Waals surface area contributed by atoms with E-state index in [1.54, 1.807) is 0 Å². The number of esters is 1. The molecule has 0 aromatic carbocycles. The van der Waals surface area contributed by atoms with Crippen LogP contribution in [0.1, 0.15) is 194 Å². The minimum Gasteiger partial charge on any atom is -0.457 e. The summed E-state index contributed by atoms with van der Waals surface area (Å²) in [5, 5.41) is 0. The second-order valence-electron chi connectivity index (χ2n) is 17.0. The number of nitrogens with two attached hydrogens (primary N) is 1. The van der Waals surface area contributed by atoms with Gasteiger partial charge >= 0.3 is 13.8 Å². The molecular weight excluding hydrogens is 866 g/mol. The molecule has 0 aliphatic carbocycles. The summed E-state index contributed by atoms with van der Waals surface area (Å²) in [5.74, 6) is -0.353. The lowest BCUT2D eigenvalue weighted by molar-refractivity contribution is -0.154. The van der Waals surface area contributed by atoms with E-state index in [9.17, 15) is 14.3 Å². The Kier molecular flexibility index (Phi) is 51.9. The molecule has 386 valence electrons. The third-order valence-electron chi connectivity index (χ3n) is 10.6. The van der Waals surface area contributed by atoms with Gasteiger partial charge in [-0.2, -0.15) is 0 Å². The van der Waals surface area contributed by atoms with Gasteiger partial charge < -0.3 is 20.1 Å². The van der Waals surface area contributed by atoms with Crippen LogP contribution in [0.15, 0.2) is 134 Å². The predicted molar refractivity (Wildman–Crippen MR) is 293 cm³/mol. The highest BCUT2D eigenvalue weighted by Crippen LogP contribution is 2.43. The quantitative estimate of drug-likeness (QED) is 0.0268. The van der Waals surface area contributed by atoms with Gasteiger partial charge in [0.1, 0.15) is 6.10 Å². The van der Waals surface area contributed by atoms with Crippen LogP contribution < -0.4 is 5.73 Å². The maximum Gasteiger partial charge on any atom is 0.472 e. The number of unbranched alkanes of at least 4 members (excludes halogenated alkanes) is 14. The molecule has 0 heterocycles. The molecule has 68 heavy (non-hydrogen) atoms. The van der Waals surface area contributed by atoms with Crippen LogP contribution in [0.5, 0.6) is 0 Å². The molecule has 0 saturated carbocycles. The van der Waals surface area contributed by atoms with Crippen molar-refractivity contribution in [2.45, 2.75) is 200 Å². The molecule has 0 amide bonds. The number of ether oxygens (including phenoxy) is 2. The van der Waals surface area contributed by atoms with Crippen molar-refractivity contribution in [3.63, 3.8) is 0 Å². The Morgan fingerprint density at radius 3 is 1.16 bits per heavy atom. The van der Waals surface area contributed by atoms with Crippen molar-refractivity contribution in [1.82, 2.24) is 0 Å². The number of phosphoric acid groups is 1. The predicted octanol–water partition coefficient (Wildman–Crippen LogP) is 17.1. The maximum absolute atomic E-state index is 12.7. The van der Waals surface area contributed by atoms with Gasteiger partial charge in [-0.15, -0.1) is 0 Å². The molecule has 8 nitrogen and oxygen atoms in total. The molecule has 0 aromatic rings. The van der Waals surface area contributed by atoms with Crippen molar-refractivity contribution in [2.75, 3.05) is 33.0 Å². The molecular formula is C59H98NO7P. The third kappa shape index (κ3) is 53.6. The molecule has 0 radical (unpaired) electrons. The largest absolute Gasteiger partial charge is 0.472 e. The first-order valence-electron chi connectivity index (χ1n) is 26.7. The van der Waals surface area contributed by atoms with Gasteiger partial charge in [0.05, 0.1) is 19.8 Å². The third-order valence-corrected chi connectivity index (χ3v) is 11.5. The molecule has 0 fully saturated rings. The second kappa shape index (κ2) is 54.6. The van der Waals surface area contributed by atoms with Crippen LogP contribution in [0, 0.1) is 0 Å². The minimum atomic E-state index is -4.31. The van der Waals surface area contributed by atoms with Crippen LogP contribution >= 0.6 is 7.82 Å². The van der Waals surface area contributed by atoms with Crippen molar-refractivity contribution in [2.24, 2.45) is 5.73 Å². The van der Waals surface area contributed by atoms with Crippen molar-refractivity contribution in [3.8, 4) is 0 Å². The monoisotopic (exact) mass is 964 g/mol. The van der Waals surface area contributed by atoms with E-state index in [1.807, 2.05) is 0 Å². The highest BCUT2D eigenvalue weighted by atomic mass is 31.2. The van der Waals surface area contributed by atoms with Gasteiger partial charge in [0, 0.05) is 19.6 Å². The minimum absolute atomic E-state index is 0.0766. The highest BCUT2D eigenvalue weighted by Gasteiger charge is 2.25. The molecule has 2 unspecified atom stereocenters. The molecule has 0 aliphatic heterocycles. The van der Waals surface area contributed by atoms with Crippen molar-refractivity contribution in [1.29, 1.82) is 0 Å². The van der Waals surface area contributed by atoms with E-state index < -0.39 is 13.9 Å². The van der Waals surface area contributed by atoms with Gasteiger partial charge in [0.15, 0.2) is 0 Å². The van der Waals surface area contributed by atoms with Gasteiger partial charge in [-0.1, -0.05) is 212 Å². The second-order valence-corrected chi connectivity index (χ2v) is 18.4. The van der Waals surface area contributed by atoms with E-state index in [-0.39, 0.29) is 32.3 Å². The van der Waals surface area contributed by atoms with Gasteiger partial charge in [-0.05, 0) is 109 Å². The molecule has 0 bridgehead atoms. The first-order valence-corrected chi connectivity index (χ1v) is 28.2. The SMILES string of the molecule is CC/C=C\C/C=C\C/C=C\C/C=C\C/C=C\C/C=C\C/C=C\CCCCOCC(COP(=O)(O)OCCN)OC(=O)CCCCCCCCCCCCCC/C=C\C/C=C\C/C=C\C/C=C\CC. The summed E-state index contributed by atoms with van der Waals surface area (Å²) in [6, 6.07) is 0. The normalized spacial score (nSPS) is 14.4. The number of hydrogen-bond acceptors (Lipinski definition) is 7. The van der Waals surface area contributed by atoms with E-state index in [0.29, 0.717) is 13.0 Å². The number of carbonyl (C=O) groups excluding carboxylic acids is 1. The fourth-order valence-corrected chi connectivity index (χ4v) is 7.50. The van der Waals surface area contributed by atoms with E-state index in [2.05, 4.69) is 148 Å². The van der Waals surface area contributed by atoms with E-state index in [4.69, 9.17) is 24.3 Å². The standard InChI is InChI=1S/C59H98NO7P/c1-3-5-7-9-11-13-15-17-19-21-23-25-27-29-30-32-34-36-38-40-42-44-46-48-50-52-59(61)67-58(57-66-68(62,63)65-55-53-60)56-64-54-51-49-47-45-43-41-39-37-35-33-31-28-26-24-22-20-18-16-14-12-10-8-6-4-2/h5-8,11-14,17-20,23-26,31,33,37,39,43,45,58H,3-4,9-10,15-16,21-22,27-30,32,34-36,38,40-42,44,46-57,60H2,1-2H3,(H,62,63)/b7-5-,8-6-,13-11-,14-12-,19-17-,20-18-,25-23-,26-24-,33-31-,39-37-,45-43-. The van der Waals surface area contributed by atoms with E-state index >= 15 is 0 Å². The Labute approximate surface area is 417 Å². The summed E-state index contributed by atoms with van der Waals surface area (Å²) in [6.45, 7) is 4.56.